The Bertz CT molecular complexity index is 283. The molecule has 0 aliphatic carbocycles. The fourth-order valence-corrected chi connectivity index (χ4v) is 1.20. The predicted octanol–water partition coefficient (Wildman–Crippen LogP) is 0.771. The zero-order chi connectivity index (χ0) is 9.14. The van der Waals surface area contributed by atoms with Gasteiger partial charge in [0.1, 0.15) is 11.9 Å². The van der Waals surface area contributed by atoms with Gasteiger partial charge in [-0.3, -0.25) is 4.79 Å². The fourth-order valence-electron chi connectivity index (χ4n) is 0.652. The first-order valence-corrected chi connectivity index (χ1v) is 4.38. The minimum Gasteiger partial charge on any atom is -0.384 e. The molecule has 1 aromatic heterocycles. The topological polar surface area (TPSA) is 62.2 Å². The number of carbonyl (C=O) groups is 1. The molecule has 2 N–H and O–H groups in total. The summed E-state index contributed by atoms with van der Waals surface area (Å²) < 4.78 is 0. The number of aliphatic hydroxyl groups is 1. The molecule has 1 rings (SSSR count). The van der Waals surface area contributed by atoms with Gasteiger partial charge in [0.2, 0.25) is 0 Å². The third kappa shape index (κ3) is 2.28. The van der Waals surface area contributed by atoms with Crippen LogP contribution in [0.4, 0.5) is 5.82 Å². The summed E-state index contributed by atoms with van der Waals surface area (Å²) in [4.78, 5) is 14.9. The number of amides is 1. The molecule has 0 aliphatic rings. The molecular formula is C7H10N2O2S. The lowest BCUT2D eigenvalue weighted by molar-refractivity contribution is -0.123. The summed E-state index contributed by atoms with van der Waals surface area (Å²) in [6.45, 7) is 3.26. The van der Waals surface area contributed by atoms with E-state index in [0.29, 0.717) is 5.82 Å². The van der Waals surface area contributed by atoms with Crippen LogP contribution in [0.15, 0.2) is 5.38 Å². The van der Waals surface area contributed by atoms with Crippen LogP contribution in [-0.2, 0) is 4.79 Å². The highest BCUT2D eigenvalue weighted by molar-refractivity contribution is 7.09. The summed E-state index contributed by atoms with van der Waals surface area (Å²) in [5, 5.41) is 13.9. The third-order valence-electron chi connectivity index (χ3n) is 1.25. The second kappa shape index (κ2) is 3.64. The number of hydrogen-bond acceptors (Lipinski definition) is 4. The van der Waals surface area contributed by atoms with E-state index in [4.69, 9.17) is 5.11 Å². The number of rotatable bonds is 2. The molecule has 0 spiro atoms. The van der Waals surface area contributed by atoms with E-state index in [1.54, 1.807) is 5.38 Å². The normalized spacial score (nSPS) is 12.6. The molecule has 0 saturated carbocycles. The van der Waals surface area contributed by atoms with Crippen LogP contribution in [0.1, 0.15) is 11.9 Å². The average molecular weight is 186 g/mol. The molecular weight excluding hydrogens is 176 g/mol. The molecule has 0 bridgehead atoms. The van der Waals surface area contributed by atoms with Gasteiger partial charge in [-0.25, -0.2) is 4.98 Å². The Morgan fingerprint density at radius 1 is 1.83 bits per heavy atom. The van der Waals surface area contributed by atoms with Crippen molar-refractivity contribution in [3.63, 3.8) is 0 Å². The molecule has 0 fully saturated rings. The minimum atomic E-state index is -0.994. The molecule has 1 amide bonds. The van der Waals surface area contributed by atoms with Crippen molar-refractivity contribution in [1.82, 2.24) is 4.98 Å². The molecule has 66 valence electrons. The highest BCUT2D eigenvalue weighted by atomic mass is 32.1. The molecule has 0 aromatic carbocycles. The number of thiazole rings is 1. The van der Waals surface area contributed by atoms with E-state index in [0.717, 1.165) is 5.01 Å². The number of nitrogens with zero attached hydrogens (tertiary/aromatic N) is 1. The average Bonchev–Trinajstić information content (AvgIpc) is 2.35. The quantitative estimate of drug-likeness (QED) is 0.717. The van der Waals surface area contributed by atoms with Gasteiger partial charge in [0.25, 0.3) is 5.91 Å². The Kier molecular flexibility index (Phi) is 2.78. The van der Waals surface area contributed by atoms with Gasteiger partial charge >= 0.3 is 0 Å². The summed E-state index contributed by atoms with van der Waals surface area (Å²) in [7, 11) is 0. The molecule has 1 atom stereocenters. The monoisotopic (exact) mass is 186 g/mol. The third-order valence-corrected chi connectivity index (χ3v) is 2.02. The maximum atomic E-state index is 10.9. The van der Waals surface area contributed by atoms with Crippen LogP contribution in [0.3, 0.4) is 0 Å². The van der Waals surface area contributed by atoms with E-state index in [-0.39, 0.29) is 0 Å². The van der Waals surface area contributed by atoms with Crippen LogP contribution in [-0.4, -0.2) is 22.1 Å². The van der Waals surface area contributed by atoms with Crippen LogP contribution < -0.4 is 5.32 Å². The van der Waals surface area contributed by atoms with Crippen molar-refractivity contribution < 1.29 is 9.90 Å². The highest BCUT2D eigenvalue weighted by Crippen LogP contribution is 2.12. The van der Waals surface area contributed by atoms with Gasteiger partial charge in [-0.1, -0.05) is 0 Å². The van der Waals surface area contributed by atoms with E-state index in [1.165, 1.54) is 18.3 Å². The van der Waals surface area contributed by atoms with Crippen molar-refractivity contribution in [2.75, 3.05) is 5.32 Å². The number of aryl methyl sites for hydroxylation is 1. The van der Waals surface area contributed by atoms with Crippen molar-refractivity contribution in [2.24, 2.45) is 0 Å². The van der Waals surface area contributed by atoms with Gasteiger partial charge in [-0.05, 0) is 13.8 Å². The van der Waals surface area contributed by atoms with Crippen LogP contribution in [0.2, 0.25) is 0 Å². The van der Waals surface area contributed by atoms with Crippen molar-refractivity contribution >= 4 is 23.1 Å². The lowest BCUT2D eigenvalue weighted by Gasteiger charge is -2.02. The van der Waals surface area contributed by atoms with E-state index < -0.39 is 12.0 Å². The van der Waals surface area contributed by atoms with E-state index >= 15 is 0 Å². The Balaban J connectivity index is 2.58. The summed E-state index contributed by atoms with van der Waals surface area (Å²) >= 11 is 1.45. The summed E-state index contributed by atoms with van der Waals surface area (Å²) in [5.74, 6) is 0.0729. The maximum Gasteiger partial charge on any atom is 0.254 e. The highest BCUT2D eigenvalue weighted by Gasteiger charge is 2.09. The van der Waals surface area contributed by atoms with Crippen molar-refractivity contribution in [3.8, 4) is 0 Å². The zero-order valence-corrected chi connectivity index (χ0v) is 7.68. The molecule has 0 radical (unpaired) electrons. The molecule has 12 heavy (non-hydrogen) atoms. The lowest BCUT2D eigenvalue weighted by Crippen LogP contribution is -2.24. The second-order valence-electron chi connectivity index (χ2n) is 2.42. The molecule has 5 heteroatoms. The van der Waals surface area contributed by atoms with E-state index in [1.807, 2.05) is 6.92 Å². The smallest absolute Gasteiger partial charge is 0.254 e. The Hall–Kier alpha value is -0.940. The van der Waals surface area contributed by atoms with Crippen molar-refractivity contribution in [2.45, 2.75) is 20.0 Å². The van der Waals surface area contributed by atoms with Crippen LogP contribution >= 0.6 is 11.3 Å². The Labute approximate surface area is 74.3 Å². The zero-order valence-electron chi connectivity index (χ0n) is 6.87. The number of aliphatic hydroxyl groups excluding tert-OH is 1. The molecule has 1 heterocycles. The first-order chi connectivity index (χ1) is 5.59. The molecule has 0 aliphatic heterocycles. The summed E-state index contributed by atoms with van der Waals surface area (Å²) in [6.07, 6.45) is -0.994. The first kappa shape index (κ1) is 9.15. The number of anilines is 1. The van der Waals surface area contributed by atoms with Crippen molar-refractivity contribution in [3.05, 3.63) is 10.4 Å². The summed E-state index contributed by atoms with van der Waals surface area (Å²) in [6, 6.07) is 0. The minimum absolute atomic E-state index is 0.430. The van der Waals surface area contributed by atoms with Gasteiger partial charge in [0.15, 0.2) is 0 Å². The van der Waals surface area contributed by atoms with E-state index in [9.17, 15) is 4.79 Å². The van der Waals surface area contributed by atoms with Crippen molar-refractivity contribution in [1.29, 1.82) is 0 Å². The maximum absolute atomic E-state index is 10.9. The number of hydrogen-bond donors (Lipinski definition) is 2. The fraction of sp³-hybridized carbons (Fsp3) is 0.429. The Morgan fingerprint density at radius 3 is 2.92 bits per heavy atom. The Morgan fingerprint density at radius 2 is 2.50 bits per heavy atom. The van der Waals surface area contributed by atoms with Gasteiger partial charge in [-0.15, -0.1) is 11.3 Å². The van der Waals surface area contributed by atoms with Gasteiger partial charge in [-0.2, -0.15) is 0 Å². The number of aromatic nitrogens is 1. The number of nitrogens with one attached hydrogen (secondary N) is 1. The van der Waals surface area contributed by atoms with Crippen LogP contribution in [0.25, 0.3) is 0 Å². The number of carbonyl (C=O) groups excluding carboxylic acids is 1. The van der Waals surface area contributed by atoms with E-state index in [2.05, 4.69) is 10.3 Å². The van der Waals surface area contributed by atoms with Crippen LogP contribution in [0, 0.1) is 6.92 Å². The molecule has 0 unspecified atom stereocenters. The largest absolute Gasteiger partial charge is 0.384 e. The lowest BCUT2D eigenvalue weighted by atomic mass is 10.4. The summed E-state index contributed by atoms with van der Waals surface area (Å²) in [5.41, 5.74) is 0. The van der Waals surface area contributed by atoms with Crippen LogP contribution in [0.5, 0.6) is 0 Å². The second-order valence-corrected chi connectivity index (χ2v) is 3.48. The standard InChI is InChI=1S/C7H10N2O2S/c1-4(10)7(11)9-6-3-12-5(2)8-6/h3-4,10H,1-2H3,(H,9,11)/t4-/m0/s1. The molecule has 1 aromatic rings. The predicted molar refractivity (Wildman–Crippen MR) is 47.2 cm³/mol. The first-order valence-electron chi connectivity index (χ1n) is 3.50. The van der Waals surface area contributed by atoms with Gasteiger partial charge < -0.3 is 10.4 Å². The molecule has 4 nitrogen and oxygen atoms in total. The van der Waals surface area contributed by atoms with Gasteiger partial charge in [0, 0.05) is 5.38 Å². The molecule has 0 saturated heterocycles. The van der Waals surface area contributed by atoms with Gasteiger partial charge in [0.05, 0.1) is 5.01 Å². The SMILES string of the molecule is Cc1nc(NC(=O)[C@H](C)O)cs1.